The van der Waals surface area contributed by atoms with E-state index in [1.807, 2.05) is 18.2 Å². The summed E-state index contributed by atoms with van der Waals surface area (Å²) in [5.74, 6) is 0.713. The Kier molecular flexibility index (Phi) is 7.19. The Morgan fingerprint density at radius 3 is 1.75 bits per heavy atom. The molecule has 0 amide bonds. The standard InChI is InChI=1S/C51H36N2/c1-51(2)45-24-12-23-43(49(45)44-30-37-16-6-7-17-38(37)31-46(44)51)34-25-27-35(28-26-34)47-32-48(53-50(52-47)36-14-4-3-5-15-36)40-20-10-19-39(29-40)42-22-11-18-33-13-8-9-21-41(33)42/h3-32H,1-2H3. The normalized spacial score (nSPS) is 12.9. The van der Waals surface area contributed by atoms with E-state index in [0.29, 0.717) is 5.82 Å². The number of nitrogens with zero attached hydrogens (tertiary/aromatic N) is 2. The molecule has 0 unspecified atom stereocenters. The average molecular weight is 677 g/mol. The van der Waals surface area contributed by atoms with E-state index in [9.17, 15) is 0 Å². The van der Waals surface area contributed by atoms with Crippen LogP contribution >= 0.6 is 0 Å². The molecule has 250 valence electrons. The molecule has 1 heterocycles. The summed E-state index contributed by atoms with van der Waals surface area (Å²) in [6.07, 6.45) is 0. The van der Waals surface area contributed by atoms with Gasteiger partial charge in [-0.2, -0.15) is 0 Å². The van der Waals surface area contributed by atoms with Crippen LogP contribution in [0, 0.1) is 0 Å². The van der Waals surface area contributed by atoms with Crippen molar-refractivity contribution in [2.45, 2.75) is 19.3 Å². The molecule has 2 heteroatoms. The lowest BCUT2D eigenvalue weighted by Crippen LogP contribution is -2.14. The summed E-state index contributed by atoms with van der Waals surface area (Å²) in [5, 5.41) is 5.04. The van der Waals surface area contributed by atoms with E-state index in [4.69, 9.17) is 9.97 Å². The van der Waals surface area contributed by atoms with Crippen LogP contribution in [0.25, 0.3) is 88.8 Å². The van der Waals surface area contributed by atoms with Gasteiger partial charge in [-0.15, -0.1) is 0 Å². The Bertz CT molecular complexity index is 2840. The molecule has 0 N–H and O–H groups in total. The number of rotatable bonds is 5. The quantitative estimate of drug-likeness (QED) is 0.181. The predicted octanol–water partition coefficient (Wildman–Crippen LogP) is 13.4. The van der Waals surface area contributed by atoms with Crippen molar-refractivity contribution in [3.05, 3.63) is 193 Å². The van der Waals surface area contributed by atoms with Crippen molar-refractivity contribution >= 4 is 21.5 Å². The molecule has 1 aliphatic rings. The number of hydrogen-bond donors (Lipinski definition) is 0. The van der Waals surface area contributed by atoms with Gasteiger partial charge in [-0.05, 0) is 90.3 Å². The van der Waals surface area contributed by atoms with Crippen LogP contribution in [0.3, 0.4) is 0 Å². The molecule has 0 saturated carbocycles. The van der Waals surface area contributed by atoms with Gasteiger partial charge in [0, 0.05) is 22.1 Å². The van der Waals surface area contributed by atoms with Crippen LogP contribution in [0.2, 0.25) is 0 Å². The SMILES string of the molecule is CC1(C)c2cc3ccccc3cc2-c2c(-c3ccc(-c4cc(-c5cccc(-c6cccc7ccccc67)c5)nc(-c5ccccc5)n4)cc3)cccc21. The van der Waals surface area contributed by atoms with E-state index < -0.39 is 0 Å². The zero-order chi connectivity index (χ0) is 35.5. The van der Waals surface area contributed by atoms with Gasteiger partial charge in [0.1, 0.15) is 0 Å². The van der Waals surface area contributed by atoms with Crippen molar-refractivity contribution in [3.8, 4) is 67.3 Å². The minimum atomic E-state index is -0.0826. The molecule has 1 aliphatic carbocycles. The van der Waals surface area contributed by atoms with Gasteiger partial charge in [0.25, 0.3) is 0 Å². The molecule has 8 aromatic carbocycles. The highest BCUT2D eigenvalue weighted by molar-refractivity contribution is 5.99. The molecule has 0 atom stereocenters. The lowest BCUT2D eigenvalue weighted by Gasteiger charge is -2.22. The van der Waals surface area contributed by atoms with Crippen molar-refractivity contribution in [3.63, 3.8) is 0 Å². The first-order valence-electron chi connectivity index (χ1n) is 18.3. The van der Waals surface area contributed by atoms with E-state index in [1.165, 1.54) is 66.1 Å². The van der Waals surface area contributed by atoms with Gasteiger partial charge in [0.05, 0.1) is 11.4 Å². The fourth-order valence-corrected chi connectivity index (χ4v) is 8.32. The topological polar surface area (TPSA) is 25.8 Å². The van der Waals surface area contributed by atoms with Crippen molar-refractivity contribution in [1.29, 1.82) is 0 Å². The van der Waals surface area contributed by atoms with Gasteiger partial charge >= 0.3 is 0 Å². The van der Waals surface area contributed by atoms with Crippen molar-refractivity contribution in [2.75, 3.05) is 0 Å². The van der Waals surface area contributed by atoms with Gasteiger partial charge in [-0.3, -0.25) is 0 Å². The van der Waals surface area contributed by atoms with Gasteiger partial charge in [0.15, 0.2) is 5.82 Å². The van der Waals surface area contributed by atoms with E-state index in [2.05, 4.69) is 178 Å². The van der Waals surface area contributed by atoms with Crippen LogP contribution in [0.15, 0.2) is 182 Å². The van der Waals surface area contributed by atoms with E-state index >= 15 is 0 Å². The summed E-state index contributed by atoms with van der Waals surface area (Å²) < 4.78 is 0. The second kappa shape index (κ2) is 12.3. The van der Waals surface area contributed by atoms with Crippen LogP contribution < -0.4 is 0 Å². The highest BCUT2D eigenvalue weighted by atomic mass is 14.9. The number of benzene rings is 8. The second-order valence-electron chi connectivity index (χ2n) is 14.6. The maximum absolute atomic E-state index is 5.15. The molecule has 0 bridgehead atoms. The van der Waals surface area contributed by atoms with Crippen LogP contribution in [-0.2, 0) is 5.41 Å². The van der Waals surface area contributed by atoms with Crippen molar-refractivity contribution < 1.29 is 0 Å². The molecule has 53 heavy (non-hydrogen) atoms. The van der Waals surface area contributed by atoms with Crippen LogP contribution in [-0.4, -0.2) is 9.97 Å². The summed E-state index contributed by atoms with van der Waals surface area (Å²) in [7, 11) is 0. The molecule has 1 aromatic heterocycles. The molecule has 0 aliphatic heterocycles. The predicted molar refractivity (Wildman–Crippen MR) is 222 cm³/mol. The summed E-state index contributed by atoms with van der Waals surface area (Å²) in [6, 6.07) is 65.4. The summed E-state index contributed by atoms with van der Waals surface area (Å²) >= 11 is 0. The maximum Gasteiger partial charge on any atom is 0.160 e. The zero-order valence-electron chi connectivity index (χ0n) is 29.7. The Balaban J connectivity index is 1.07. The van der Waals surface area contributed by atoms with Crippen LogP contribution in [0.1, 0.15) is 25.0 Å². The molecule has 0 saturated heterocycles. The summed E-state index contributed by atoms with van der Waals surface area (Å²) in [4.78, 5) is 10.3. The highest BCUT2D eigenvalue weighted by Gasteiger charge is 2.37. The van der Waals surface area contributed by atoms with Crippen LogP contribution in [0.5, 0.6) is 0 Å². The van der Waals surface area contributed by atoms with E-state index in [0.717, 1.165) is 28.1 Å². The molecule has 2 nitrogen and oxygen atoms in total. The van der Waals surface area contributed by atoms with Crippen LogP contribution in [0.4, 0.5) is 0 Å². The molecule has 9 aromatic rings. The molecule has 0 spiro atoms. The minimum Gasteiger partial charge on any atom is -0.228 e. The first-order valence-corrected chi connectivity index (χ1v) is 18.3. The van der Waals surface area contributed by atoms with Gasteiger partial charge < -0.3 is 0 Å². The second-order valence-corrected chi connectivity index (χ2v) is 14.6. The van der Waals surface area contributed by atoms with Crippen molar-refractivity contribution in [2.24, 2.45) is 0 Å². The average Bonchev–Trinajstić information content (AvgIpc) is 3.45. The summed E-state index contributed by atoms with van der Waals surface area (Å²) in [6.45, 7) is 4.71. The van der Waals surface area contributed by atoms with E-state index in [1.54, 1.807) is 0 Å². The molecular formula is C51H36N2. The number of fused-ring (bicyclic) bond motifs is 5. The third-order valence-corrected chi connectivity index (χ3v) is 11.1. The van der Waals surface area contributed by atoms with Crippen molar-refractivity contribution in [1.82, 2.24) is 9.97 Å². The first kappa shape index (κ1) is 31.1. The molecule has 0 fully saturated rings. The Hall–Kier alpha value is -6.64. The minimum absolute atomic E-state index is 0.0826. The van der Waals surface area contributed by atoms with Gasteiger partial charge in [-0.1, -0.05) is 172 Å². The monoisotopic (exact) mass is 676 g/mol. The lowest BCUT2D eigenvalue weighted by atomic mass is 9.81. The number of aromatic nitrogens is 2. The van der Waals surface area contributed by atoms with Gasteiger partial charge in [0.2, 0.25) is 0 Å². The van der Waals surface area contributed by atoms with E-state index in [-0.39, 0.29) is 5.41 Å². The molecular weight excluding hydrogens is 641 g/mol. The molecule has 0 radical (unpaired) electrons. The smallest absolute Gasteiger partial charge is 0.160 e. The Labute approximate surface area is 310 Å². The fraction of sp³-hybridized carbons (Fsp3) is 0.0588. The zero-order valence-corrected chi connectivity index (χ0v) is 29.7. The van der Waals surface area contributed by atoms with Gasteiger partial charge in [-0.25, -0.2) is 9.97 Å². The fourth-order valence-electron chi connectivity index (χ4n) is 8.32. The number of hydrogen-bond acceptors (Lipinski definition) is 2. The summed E-state index contributed by atoms with van der Waals surface area (Å²) in [5.41, 5.74) is 15.1. The lowest BCUT2D eigenvalue weighted by molar-refractivity contribution is 0.661. The Morgan fingerprint density at radius 2 is 0.943 bits per heavy atom. The largest absolute Gasteiger partial charge is 0.228 e. The highest BCUT2D eigenvalue weighted by Crippen LogP contribution is 2.53. The third-order valence-electron chi connectivity index (χ3n) is 11.1. The maximum atomic E-state index is 5.15. The molecule has 10 rings (SSSR count). The third kappa shape index (κ3) is 5.26. The first-order chi connectivity index (χ1) is 26.0. The Morgan fingerprint density at radius 1 is 0.358 bits per heavy atom.